The fraction of sp³-hybridized carbons (Fsp3) is 0.429. The number of nitrogens with zero attached hydrogens (tertiary/aromatic N) is 6. The van der Waals surface area contributed by atoms with Gasteiger partial charge in [0.05, 0.1) is 38.5 Å². The number of imidazole rings is 1. The summed E-state index contributed by atoms with van der Waals surface area (Å²) in [5.41, 5.74) is 12.6. The van der Waals surface area contributed by atoms with Crippen LogP contribution in [0.1, 0.15) is 85.1 Å². The Morgan fingerprint density at radius 1 is 0.905 bits per heavy atom. The van der Waals surface area contributed by atoms with Crippen molar-refractivity contribution >= 4 is 17.0 Å². The first-order valence-electron chi connectivity index (χ1n) is 14.9. The van der Waals surface area contributed by atoms with Crippen LogP contribution in [0.2, 0.25) is 0 Å². The number of allylic oxidation sites excluding steroid dienone is 8. The van der Waals surface area contributed by atoms with E-state index in [1.165, 1.54) is 28.6 Å². The number of aromatic nitrogens is 4. The molecule has 0 saturated heterocycles. The fourth-order valence-electron chi connectivity index (χ4n) is 4.63. The molecule has 0 amide bonds. The standard InChI is InChI=1S/C35H46N6O/c1-28(2)13-9-14-29(3)15-10-16-30(4)17-11-18-31(5)21-24-40-27-41(23-12-22-36)35-33(40)34(37-26-38-35)39-42-25-32-19-7-6-8-20-32/h6-8,13,15,17,19-21,26-27H,9-12,14,16,18,23-25H2,1-5H3/b29-15+,30-17+,31-21+. The van der Waals surface area contributed by atoms with Crippen molar-refractivity contribution in [2.45, 2.75) is 99.3 Å². The Labute approximate surface area is 251 Å². The average molecular weight is 567 g/mol. The second-order valence-corrected chi connectivity index (χ2v) is 11.1. The summed E-state index contributed by atoms with van der Waals surface area (Å²) in [5.74, 6) is 0.484. The van der Waals surface area contributed by atoms with Gasteiger partial charge in [-0.3, -0.25) is 4.57 Å². The van der Waals surface area contributed by atoms with E-state index in [9.17, 15) is 0 Å². The van der Waals surface area contributed by atoms with Crippen LogP contribution in [0.15, 0.2) is 89.6 Å². The lowest BCUT2D eigenvalue weighted by Crippen LogP contribution is -2.32. The minimum Gasteiger partial charge on any atom is -0.407 e. The van der Waals surface area contributed by atoms with Crippen LogP contribution in [-0.4, -0.2) is 14.5 Å². The van der Waals surface area contributed by atoms with Crippen molar-refractivity contribution < 1.29 is 9.40 Å². The highest BCUT2D eigenvalue weighted by atomic mass is 16.6. The zero-order valence-electron chi connectivity index (χ0n) is 26.0. The summed E-state index contributed by atoms with van der Waals surface area (Å²) in [4.78, 5) is 14.6. The molecule has 0 atom stereocenters. The average Bonchev–Trinajstić information content (AvgIpc) is 3.33. The lowest BCUT2D eigenvalue weighted by molar-refractivity contribution is -0.672. The van der Waals surface area contributed by atoms with Crippen molar-refractivity contribution in [1.82, 2.24) is 14.5 Å². The molecular formula is C35H46N6O. The van der Waals surface area contributed by atoms with Crippen LogP contribution >= 0.6 is 0 Å². The van der Waals surface area contributed by atoms with Gasteiger partial charge in [-0.25, -0.2) is 4.57 Å². The number of nitriles is 1. The maximum atomic E-state index is 9.14. The molecule has 0 spiro atoms. The molecule has 0 saturated carbocycles. The van der Waals surface area contributed by atoms with E-state index < -0.39 is 0 Å². The topological polar surface area (TPSA) is 81.7 Å². The number of benzene rings is 1. The number of hydrogen-bond acceptors (Lipinski definition) is 4. The molecule has 0 N–H and O–H groups in total. The lowest BCUT2D eigenvalue weighted by atomic mass is 10.0. The fourth-order valence-corrected chi connectivity index (χ4v) is 4.63. The normalized spacial score (nSPS) is 12.4. The van der Waals surface area contributed by atoms with Gasteiger partial charge in [-0.1, -0.05) is 76.9 Å². The van der Waals surface area contributed by atoms with Crippen LogP contribution in [-0.2, 0) is 24.5 Å². The Hall–Kier alpha value is -4.02. The van der Waals surface area contributed by atoms with Crippen LogP contribution in [0.4, 0.5) is 5.82 Å². The first-order valence-corrected chi connectivity index (χ1v) is 14.9. The van der Waals surface area contributed by atoms with Gasteiger partial charge >= 0.3 is 5.65 Å². The van der Waals surface area contributed by atoms with Crippen molar-refractivity contribution in [3.63, 3.8) is 0 Å². The van der Waals surface area contributed by atoms with Crippen molar-refractivity contribution in [3.05, 3.63) is 101 Å². The van der Waals surface area contributed by atoms with E-state index in [1.807, 2.05) is 41.2 Å². The first-order chi connectivity index (χ1) is 20.4. The highest BCUT2D eigenvalue weighted by molar-refractivity contribution is 5.81. The highest BCUT2D eigenvalue weighted by Gasteiger charge is 2.17. The van der Waals surface area contributed by atoms with Crippen LogP contribution in [0.5, 0.6) is 0 Å². The van der Waals surface area contributed by atoms with Crippen LogP contribution < -0.4 is 4.57 Å². The lowest BCUT2D eigenvalue weighted by Gasteiger charge is -2.14. The predicted octanol–water partition coefficient (Wildman–Crippen LogP) is 8.92. The van der Waals surface area contributed by atoms with E-state index >= 15 is 0 Å². The van der Waals surface area contributed by atoms with Gasteiger partial charge in [0.25, 0.3) is 0 Å². The van der Waals surface area contributed by atoms with Gasteiger partial charge in [0.2, 0.25) is 0 Å². The molecule has 0 aliphatic heterocycles. The highest BCUT2D eigenvalue weighted by Crippen LogP contribution is 2.26. The van der Waals surface area contributed by atoms with Crippen molar-refractivity contribution in [2.75, 3.05) is 0 Å². The molecule has 0 unspecified atom stereocenters. The minimum atomic E-state index is 0.361. The molecule has 222 valence electrons. The Bertz CT molecular complexity index is 1440. The number of hydrogen-bond donors (Lipinski definition) is 0. The summed E-state index contributed by atoms with van der Waals surface area (Å²) in [6.07, 6.45) is 19.8. The third-order valence-corrected chi connectivity index (χ3v) is 7.10. The smallest absolute Gasteiger partial charge is 0.301 e. The van der Waals surface area contributed by atoms with Gasteiger partial charge in [0.15, 0.2) is 11.8 Å². The monoisotopic (exact) mass is 566 g/mol. The third-order valence-electron chi connectivity index (χ3n) is 7.10. The predicted molar refractivity (Wildman–Crippen MR) is 171 cm³/mol. The SMILES string of the molecule is CC(C)=CCC/C(C)=C/CC/C(C)=C/CC/C(C)=C/Cn1c[n+](CCC#N)c2ncnc([N-]OCc3ccccc3)c21. The Morgan fingerprint density at radius 2 is 1.55 bits per heavy atom. The summed E-state index contributed by atoms with van der Waals surface area (Å²) in [6, 6.07) is 12.2. The first kappa shape index (κ1) is 32.5. The third kappa shape index (κ3) is 11.1. The second kappa shape index (κ2) is 17.7. The van der Waals surface area contributed by atoms with Gasteiger partial charge < -0.3 is 15.3 Å². The Balaban J connectivity index is 1.59. The van der Waals surface area contributed by atoms with Crippen molar-refractivity contribution in [2.24, 2.45) is 0 Å². The molecule has 0 radical (unpaired) electrons. The Kier molecular flexibility index (Phi) is 13.7. The molecule has 42 heavy (non-hydrogen) atoms. The minimum absolute atomic E-state index is 0.361. The maximum absolute atomic E-state index is 9.14. The van der Waals surface area contributed by atoms with E-state index in [2.05, 4.69) is 85.0 Å². The van der Waals surface area contributed by atoms with Crippen molar-refractivity contribution in [3.8, 4) is 6.07 Å². The molecule has 1 aromatic carbocycles. The number of fused-ring (bicyclic) bond motifs is 1. The van der Waals surface area contributed by atoms with E-state index in [1.54, 1.807) is 0 Å². The number of aryl methyl sites for hydroxylation is 1. The largest absolute Gasteiger partial charge is 0.407 e. The van der Waals surface area contributed by atoms with Crippen LogP contribution in [0, 0.1) is 11.3 Å². The molecule has 0 aliphatic rings. The molecule has 3 rings (SSSR count). The summed E-state index contributed by atoms with van der Waals surface area (Å²) in [6.45, 7) is 12.6. The van der Waals surface area contributed by atoms with Gasteiger partial charge in [0, 0.05) is 5.82 Å². The van der Waals surface area contributed by atoms with E-state index in [0.29, 0.717) is 31.9 Å². The molecule has 7 heteroatoms. The molecular weight excluding hydrogens is 520 g/mol. The van der Waals surface area contributed by atoms with E-state index in [0.717, 1.165) is 55.3 Å². The number of rotatable bonds is 17. The molecule has 3 aromatic rings. The van der Waals surface area contributed by atoms with Crippen LogP contribution in [0.3, 0.4) is 0 Å². The maximum Gasteiger partial charge on any atom is 0.301 e. The summed E-state index contributed by atoms with van der Waals surface area (Å²) in [7, 11) is 0. The van der Waals surface area contributed by atoms with Crippen molar-refractivity contribution in [1.29, 1.82) is 5.26 Å². The summed E-state index contributed by atoms with van der Waals surface area (Å²) < 4.78 is 4.08. The molecule has 2 heterocycles. The summed E-state index contributed by atoms with van der Waals surface area (Å²) >= 11 is 0. The van der Waals surface area contributed by atoms with Gasteiger partial charge in [-0.15, -0.1) is 4.98 Å². The second-order valence-electron chi connectivity index (χ2n) is 11.1. The van der Waals surface area contributed by atoms with Gasteiger partial charge in [-0.05, 0) is 78.7 Å². The molecule has 2 aromatic heterocycles. The van der Waals surface area contributed by atoms with E-state index in [4.69, 9.17) is 10.1 Å². The van der Waals surface area contributed by atoms with Crippen LogP contribution in [0.25, 0.3) is 16.6 Å². The zero-order chi connectivity index (χ0) is 30.2. The van der Waals surface area contributed by atoms with Gasteiger partial charge in [0.1, 0.15) is 0 Å². The quantitative estimate of drug-likeness (QED) is 0.0928. The molecule has 7 nitrogen and oxygen atoms in total. The summed E-state index contributed by atoms with van der Waals surface area (Å²) in [5, 5.41) is 9.14. The molecule has 0 bridgehead atoms. The molecule has 0 aliphatic carbocycles. The van der Waals surface area contributed by atoms with Gasteiger partial charge in [-0.2, -0.15) is 5.26 Å². The Morgan fingerprint density at radius 3 is 2.19 bits per heavy atom. The van der Waals surface area contributed by atoms with E-state index in [-0.39, 0.29) is 0 Å². The molecule has 0 fully saturated rings. The zero-order valence-corrected chi connectivity index (χ0v) is 26.0.